The first-order chi connectivity index (χ1) is 13.1. The molecule has 1 saturated heterocycles. The molecule has 1 aliphatic heterocycles. The Balaban J connectivity index is 1.48. The van der Waals surface area contributed by atoms with E-state index in [0.29, 0.717) is 42.4 Å². The predicted octanol–water partition coefficient (Wildman–Crippen LogP) is 1.51. The first-order valence-electron chi connectivity index (χ1n) is 8.73. The molecule has 0 radical (unpaired) electrons. The summed E-state index contributed by atoms with van der Waals surface area (Å²) in [4.78, 5) is 27.1. The number of aliphatic hydroxyl groups excluding tert-OH is 1. The van der Waals surface area contributed by atoms with Crippen molar-refractivity contribution in [2.75, 3.05) is 13.1 Å². The van der Waals surface area contributed by atoms with Crippen LogP contribution in [0.1, 0.15) is 21.9 Å². The zero-order valence-corrected chi connectivity index (χ0v) is 14.8. The van der Waals surface area contributed by atoms with Gasteiger partial charge >= 0.3 is 0 Å². The van der Waals surface area contributed by atoms with Crippen LogP contribution in [-0.4, -0.2) is 55.2 Å². The molecule has 1 fully saturated rings. The largest absolute Gasteiger partial charge is 0.391 e. The molecule has 1 N–H and O–H groups in total. The highest BCUT2D eigenvalue weighted by Gasteiger charge is 2.34. The molecule has 138 valence electrons. The van der Waals surface area contributed by atoms with Crippen LogP contribution in [0.3, 0.4) is 0 Å². The lowest BCUT2D eigenvalue weighted by Crippen LogP contribution is -2.29. The van der Waals surface area contributed by atoms with E-state index < -0.39 is 6.10 Å². The molecule has 0 bridgehead atoms. The molecule has 2 atom stereocenters. The molecule has 8 heteroatoms. The van der Waals surface area contributed by atoms with Gasteiger partial charge < -0.3 is 14.5 Å². The van der Waals surface area contributed by atoms with E-state index in [9.17, 15) is 9.90 Å². The summed E-state index contributed by atoms with van der Waals surface area (Å²) in [5, 5.41) is 14.3. The third kappa shape index (κ3) is 3.70. The minimum absolute atomic E-state index is 0.0614. The molecule has 3 aromatic rings. The van der Waals surface area contributed by atoms with E-state index in [1.807, 2.05) is 6.07 Å². The second-order valence-electron chi connectivity index (χ2n) is 6.66. The number of aromatic nitrogens is 4. The number of benzene rings is 1. The summed E-state index contributed by atoms with van der Waals surface area (Å²) in [5.74, 6) is 0.729. The Morgan fingerprint density at radius 2 is 2.22 bits per heavy atom. The molecular weight excluding hydrogens is 346 g/mol. The van der Waals surface area contributed by atoms with E-state index in [1.165, 1.54) is 0 Å². The minimum Gasteiger partial charge on any atom is -0.391 e. The molecule has 0 saturated carbocycles. The number of rotatable bonds is 4. The van der Waals surface area contributed by atoms with Gasteiger partial charge in [-0.1, -0.05) is 17.3 Å². The van der Waals surface area contributed by atoms with Crippen molar-refractivity contribution >= 4 is 5.91 Å². The monoisotopic (exact) mass is 365 g/mol. The average molecular weight is 365 g/mol. The average Bonchev–Trinajstić information content (AvgIpc) is 3.28. The van der Waals surface area contributed by atoms with Gasteiger partial charge in [-0.15, -0.1) is 0 Å². The van der Waals surface area contributed by atoms with Crippen LogP contribution in [-0.2, 0) is 6.42 Å². The smallest absolute Gasteiger partial charge is 0.253 e. The fourth-order valence-corrected chi connectivity index (χ4v) is 3.31. The quantitative estimate of drug-likeness (QED) is 0.747. The van der Waals surface area contributed by atoms with E-state index in [0.717, 1.165) is 5.69 Å². The van der Waals surface area contributed by atoms with E-state index in [-0.39, 0.29) is 11.8 Å². The van der Waals surface area contributed by atoms with Crippen molar-refractivity contribution in [2.24, 2.45) is 5.92 Å². The van der Waals surface area contributed by atoms with E-state index >= 15 is 0 Å². The number of aliphatic hydroxyl groups is 1. The Bertz CT molecular complexity index is 943. The molecule has 8 nitrogen and oxygen atoms in total. The summed E-state index contributed by atoms with van der Waals surface area (Å²) in [5.41, 5.74) is 2.06. The maximum absolute atomic E-state index is 12.9. The third-order valence-corrected chi connectivity index (χ3v) is 4.68. The van der Waals surface area contributed by atoms with E-state index in [4.69, 9.17) is 4.52 Å². The van der Waals surface area contributed by atoms with Crippen molar-refractivity contribution in [3.8, 4) is 11.4 Å². The fraction of sp³-hybridized carbons (Fsp3) is 0.316. The van der Waals surface area contributed by atoms with Crippen molar-refractivity contribution in [1.82, 2.24) is 25.0 Å². The van der Waals surface area contributed by atoms with Crippen LogP contribution in [0.5, 0.6) is 0 Å². The van der Waals surface area contributed by atoms with E-state index in [2.05, 4.69) is 20.1 Å². The molecule has 4 rings (SSSR count). The lowest BCUT2D eigenvalue weighted by atomic mass is 10.0. The van der Waals surface area contributed by atoms with Gasteiger partial charge in [0.05, 0.1) is 11.8 Å². The Kier molecular flexibility index (Phi) is 4.64. The number of hydrogen-bond acceptors (Lipinski definition) is 7. The third-order valence-electron chi connectivity index (χ3n) is 4.68. The lowest BCUT2D eigenvalue weighted by Gasteiger charge is -2.16. The number of amides is 1. The SMILES string of the molecule is Cc1nc(-c2cccc(C(=O)N3C[C@@H](Cc4cnccn4)[C@H](O)C3)c2)no1. The van der Waals surface area contributed by atoms with Crippen molar-refractivity contribution in [3.05, 3.63) is 60.0 Å². The van der Waals surface area contributed by atoms with Crippen LogP contribution in [0.25, 0.3) is 11.4 Å². The van der Waals surface area contributed by atoms with Crippen LogP contribution < -0.4 is 0 Å². The standard InChI is InChI=1S/C19H19N5O3/c1-12-22-18(23-27-12)13-3-2-4-14(7-13)19(26)24-10-15(17(25)11-24)8-16-9-20-5-6-21-16/h2-7,9,15,17,25H,8,10-11H2,1H3/t15-,17-/m1/s1. The van der Waals surface area contributed by atoms with Crippen LogP contribution in [0.2, 0.25) is 0 Å². The second kappa shape index (κ2) is 7.24. The summed E-state index contributed by atoms with van der Waals surface area (Å²) >= 11 is 0. The molecule has 1 aromatic carbocycles. The van der Waals surface area contributed by atoms with Gasteiger partial charge in [0.25, 0.3) is 5.91 Å². The molecule has 1 aliphatic rings. The molecule has 0 unspecified atom stereocenters. The summed E-state index contributed by atoms with van der Waals surface area (Å²) in [7, 11) is 0. The van der Waals surface area contributed by atoms with Gasteiger partial charge in [0.2, 0.25) is 11.7 Å². The van der Waals surface area contributed by atoms with Crippen LogP contribution in [0.15, 0.2) is 47.4 Å². The van der Waals surface area contributed by atoms with Crippen molar-refractivity contribution in [2.45, 2.75) is 19.4 Å². The highest BCUT2D eigenvalue weighted by atomic mass is 16.5. The Hall–Kier alpha value is -3.13. The van der Waals surface area contributed by atoms with Gasteiger partial charge in [0.1, 0.15) is 0 Å². The van der Waals surface area contributed by atoms with Gasteiger partial charge in [0.15, 0.2) is 0 Å². The minimum atomic E-state index is -0.584. The molecule has 0 aliphatic carbocycles. The second-order valence-corrected chi connectivity index (χ2v) is 6.66. The summed E-state index contributed by atoms with van der Waals surface area (Å²) in [6.45, 7) is 2.49. The number of nitrogens with zero attached hydrogens (tertiary/aromatic N) is 5. The molecule has 27 heavy (non-hydrogen) atoms. The summed E-state index contributed by atoms with van der Waals surface area (Å²) in [6, 6.07) is 7.12. The summed E-state index contributed by atoms with van der Waals surface area (Å²) in [6.07, 6.45) is 4.93. The van der Waals surface area contributed by atoms with Gasteiger partial charge in [-0.2, -0.15) is 4.98 Å². The zero-order chi connectivity index (χ0) is 18.8. The first-order valence-corrected chi connectivity index (χ1v) is 8.73. The topological polar surface area (TPSA) is 105 Å². The number of aryl methyl sites for hydroxylation is 1. The van der Waals surface area contributed by atoms with Crippen LogP contribution in [0.4, 0.5) is 0 Å². The Labute approximate surface area is 155 Å². The highest BCUT2D eigenvalue weighted by Crippen LogP contribution is 2.24. The lowest BCUT2D eigenvalue weighted by molar-refractivity contribution is 0.0764. The first kappa shape index (κ1) is 17.3. The fourth-order valence-electron chi connectivity index (χ4n) is 3.31. The van der Waals surface area contributed by atoms with Gasteiger partial charge in [-0.3, -0.25) is 14.8 Å². The number of hydrogen-bond donors (Lipinski definition) is 1. The van der Waals surface area contributed by atoms with Crippen molar-refractivity contribution < 1.29 is 14.4 Å². The number of carbonyl (C=O) groups is 1. The number of carbonyl (C=O) groups excluding carboxylic acids is 1. The normalized spacial score (nSPS) is 19.4. The maximum atomic E-state index is 12.9. The molecule has 0 spiro atoms. The summed E-state index contributed by atoms with van der Waals surface area (Å²) < 4.78 is 5.00. The zero-order valence-electron chi connectivity index (χ0n) is 14.8. The van der Waals surface area contributed by atoms with Gasteiger partial charge in [-0.05, 0) is 18.6 Å². The predicted molar refractivity (Wildman–Crippen MR) is 95.6 cm³/mol. The molecular formula is C19H19N5O3. The Morgan fingerprint density at radius 1 is 1.33 bits per heavy atom. The van der Waals surface area contributed by atoms with E-state index in [1.54, 1.807) is 48.6 Å². The van der Waals surface area contributed by atoms with Crippen molar-refractivity contribution in [3.63, 3.8) is 0 Å². The Morgan fingerprint density at radius 3 is 2.96 bits per heavy atom. The molecule has 1 amide bonds. The molecule has 2 aromatic heterocycles. The number of β-amino-alcohol motifs (C(OH)–C–C–N with tert-alkyl or cyclic N) is 1. The maximum Gasteiger partial charge on any atom is 0.253 e. The van der Waals surface area contributed by atoms with Crippen LogP contribution >= 0.6 is 0 Å². The van der Waals surface area contributed by atoms with Gasteiger partial charge in [0, 0.05) is 55.6 Å². The highest BCUT2D eigenvalue weighted by molar-refractivity contribution is 5.95. The molecule has 3 heterocycles. The van der Waals surface area contributed by atoms with Gasteiger partial charge in [-0.25, -0.2) is 0 Å². The van der Waals surface area contributed by atoms with Crippen molar-refractivity contribution in [1.29, 1.82) is 0 Å². The number of likely N-dealkylation sites (tertiary alicyclic amines) is 1. The van der Waals surface area contributed by atoms with Crippen LogP contribution in [0, 0.1) is 12.8 Å².